The number of nitrogens with one attached hydrogen (secondary N) is 2. The van der Waals surface area contributed by atoms with E-state index in [0.717, 1.165) is 11.3 Å². The van der Waals surface area contributed by atoms with Gasteiger partial charge in [0.15, 0.2) is 17.3 Å². The molecule has 1 saturated heterocycles. The van der Waals surface area contributed by atoms with Crippen molar-refractivity contribution in [3.8, 4) is 0 Å². The molecule has 1 aliphatic heterocycles. The van der Waals surface area contributed by atoms with Crippen molar-refractivity contribution in [1.29, 1.82) is 0 Å². The minimum absolute atomic E-state index is 0.0212. The van der Waals surface area contributed by atoms with Crippen LogP contribution in [-0.4, -0.2) is 45.0 Å². The predicted molar refractivity (Wildman–Crippen MR) is 65.1 cm³/mol. The van der Waals surface area contributed by atoms with Crippen LogP contribution in [0, 0.1) is 0 Å². The number of hydrogen-bond donors (Lipinski definition) is 2. The fourth-order valence-electron chi connectivity index (χ4n) is 1.97. The van der Waals surface area contributed by atoms with Gasteiger partial charge in [-0.2, -0.15) is 0 Å². The number of hydrogen-bond acceptors (Lipinski definition) is 6. The van der Waals surface area contributed by atoms with Crippen LogP contribution >= 0.6 is 0 Å². The van der Waals surface area contributed by atoms with Crippen molar-refractivity contribution in [2.24, 2.45) is 0 Å². The lowest BCUT2D eigenvalue weighted by atomic mass is 10.3. The SMILES string of the molecule is CC1(C)OC[C@@H](CNc2ncnc3nc[nH]c23)O1. The van der Waals surface area contributed by atoms with Crippen molar-refractivity contribution in [3.05, 3.63) is 12.7 Å². The number of H-pyrrole nitrogens is 1. The summed E-state index contributed by atoms with van der Waals surface area (Å²) in [5, 5.41) is 3.23. The molecular formula is C11H15N5O2. The van der Waals surface area contributed by atoms with E-state index in [1.807, 2.05) is 13.8 Å². The van der Waals surface area contributed by atoms with E-state index in [4.69, 9.17) is 9.47 Å². The van der Waals surface area contributed by atoms with Gasteiger partial charge in [0.2, 0.25) is 0 Å². The van der Waals surface area contributed by atoms with Gasteiger partial charge in [-0.1, -0.05) is 0 Å². The molecule has 0 spiro atoms. The van der Waals surface area contributed by atoms with Crippen molar-refractivity contribution in [2.45, 2.75) is 25.7 Å². The maximum Gasteiger partial charge on any atom is 0.182 e. The van der Waals surface area contributed by atoms with Crippen molar-refractivity contribution in [3.63, 3.8) is 0 Å². The van der Waals surface area contributed by atoms with Crippen LogP contribution in [0.4, 0.5) is 5.82 Å². The molecular weight excluding hydrogens is 234 g/mol. The average molecular weight is 249 g/mol. The number of aromatic nitrogens is 4. The zero-order chi connectivity index (χ0) is 12.6. The van der Waals surface area contributed by atoms with Gasteiger partial charge >= 0.3 is 0 Å². The number of nitrogens with zero attached hydrogens (tertiary/aromatic N) is 3. The van der Waals surface area contributed by atoms with Gasteiger partial charge in [-0.25, -0.2) is 15.0 Å². The van der Waals surface area contributed by atoms with E-state index < -0.39 is 5.79 Å². The third kappa shape index (κ3) is 2.14. The van der Waals surface area contributed by atoms with Crippen LogP contribution < -0.4 is 5.32 Å². The first-order valence-electron chi connectivity index (χ1n) is 5.84. The summed E-state index contributed by atoms with van der Waals surface area (Å²) in [4.78, 5) is 15.3. The summed E-state index contributed by atoms with van der Waals surface area (Å²) in [6.45, 7) is 5.03. The third-order valence-electron chi connectivity index (χ3n) is 2.79. The van der Waals surface area contributed by atoms with E-state index in [-0.39, 0.29) is 6.10 Å². The van der Waals surface area contributed by atoms with Gasteiger partial charge in [0.05, 0.1) is 12.9 Å². The number of aromatic amines is 1. The number of fused-ring (bicyclic) bond motifs is 1. The van der Waals surface area contributed by atoms with Crippen LogP contribution in [0.25, 0.3) is 11.2 Å². The van der Waals surface area contributed by atoms with Gasteiger partial charge in [-0.05, 0) is 13.8 Å². The second kappa shape index (κ2) is 4.18. The highest BCUT2D eigenvalue weighted by Gasteiger charge is 2.32. The van der Waals surface area contributed by atoms with Crippen molar-refractivity contribution >= 4 is 17.0 Å². The monoisotopic (exact) mass is 249 g/mol. The quantitative estimate of drug-likeness (QED) is 0.841. The second-order valence-corrected chi connectivity index (χ2v) is 4.66. The Balaban J connectivity index is 1.69. The minimum Gasteiger partial charge on any atom is -0.365 e. The number of ether oxygens (including phenoxy) is 2. The maximum absolute atomic E-state index is 5.71. The maximum atomic E-state index is 5.71. The van der Waals surface area contributed by atoms with Crippen LogP contribution in [0.1, 0.15) is 13.8 Å². The van der Waals surface area contributed by atoms with E-state index in [2.05, 4.69) is 25.3 Å². The minimum atomic E-state index is -0.499. The lowest BCUT2D eigenvalue weighted by molar-refractivity contribution is -0.136. The van der Waals surface area contributed by atoms with Crippen LogP contribution in [0.5, 0.6) is 0 Å². The van der Waals surface area contributed by atoms with Crippen molar-refractivity contribution in [1.82, 2.24) is 19.9 Å². The molecule has 0 saturated carbocycles. The number of anilines is 1. The summed E-state index contributed by atoms with van der Waals surface area (Å²) in [5.41, 5.74) is 1.45. The standard InChI is InChI=1S/C11H15N5O2/c1-11(2)17-4-7(18-11)3-12-9-8-10(14-5-13-8)16-6-15-9/h5-7H,3-4H2,1-2H3,(H2,12,13,14,15,16)/t7-/m1/s1. The average Bonchev–Trinajstić information content (AvgIpc) is 2.92. The molecule has 0 unspecified atom stereocenters. The van der Waals surface area contributed by atoms with Gasteiger partial charge in [-0.15, -0.1) is 0 Å². The summed E-state index contributed by atoms with van der Waals surface area (Å²) >= 11 is 0. The molecule has 96 valence electrons. The van der Waals surface area contributed by atoms with Gasteiger partial charge in [0.25, 0.3) is 0 Å². The molecule has 1 atom stereocenters. The van der Waals surface area contributed by atoms with Gasteiger partial charge in [-0.3, -0.25) is 0 Å². The Morgan fingerprint density at radius 1 is 1.44 bits per heavy atom. The van der Waals surface area contributed by atoms with Crippen LogP contribution in [0.15, 0.2) is 12.7 Å². The van der Waals surface area contributed by atoms with E-state index in [1.165, 1.54) is 6.33 Å². The summed E-state index contributed by atoms with van der Waals surface area (Å²) in [6.07, 6.45) is 3.11. The molecule has 0 aromatic carbocycles. The molecule has 1 fully saturated rings. The zero-order valence-electron chi connectivity index (χ0n) is 10.3. The van der Waals surface area contributed by atoms with Crippen molar-refractivity contribution < 1.29 is 9.47 Å². The smallest absolute Gasteiger partial charge is 0.182 e. The molecule has 7 heteroatoms. The predicted octanol–water partition coefficient (Wildman–Crippen LogP) is 0.916. The first-order chi connectivity index (χ1) is 8.64. The Hall–Kier alpha value is -1.73. The zero-order valence-corrected chi connectivity index (χ0v) is 10.3. The highest BCUT2D eigenvalue weighted by atomic mass is 16.7. The molecule has 0 radical (unpaired) electrons. The molecule has 2 N–H and O–H groups in total. The Morgan fingerprint density at radius 3 is 3.11 bits per heavy atom. The molecule has 2 aromatic heterocycles. The Labute approximate surface area is 104 Å². The summed E-state index contributed by atoms with van der Waals surface area (Å²) in [6, 6.07) is 0. The number of rotatable bonds is 3. The first-order valence-corrected chi connectivity index (χ1v) is 5.84. The first kappa shape index (κ1) is 11.4. The Kier molecular flexibility index (Phi) is 2.64. The highest BCUT2D eigenvalue weighted by Crippen LogP contribution is 2.23. The van der Waals surface area contributed by atoms with Gasteiger partial charge in [0.1, 0.15) is 17.9 Å². The van der Waals surface area contributed by atoms with Crippen LogP contribution in [0.3, 0.4) is 0 Å². The normalized spacial score (nSPS) is 22.4. The Morgan fingerprint density at radius 2 is 2.33 bits per heavy atom. The topological polar surface area (TPSA) is 85.0 Å². The highest BCUT2D eigenvalue weighted by molar-refractivity contribution is 5.81. The van der Waals surface area contributed by atoms with Crippen LogP contribution in [0.2, 0.25) is 0 Å². The van der Waals surface area contributed by atoms with E-state index >= 15 is 0 Å². The molecule has 0 aliphatic carbocycles. The van der Waals surface area contributed by atoms with Gasteiger partial charge in [0, 0.05) is 6.54 Å². The lowest BCUT2D eigenvalue weighted by Crippen LogP contribution is -2.26. The van der Waals surface area contributed by atoms with E-state index in [0.29, 0.717) is 18.8 Å². The molecule has 3 rings (SSSR count). The molecule has 2 aromatic rings. The summed E-state index contributed by atoms with van der Waals surface area (Å²) in [7, 11) is 0. The molecule has 1 aliphatic rings. The molecule has 3 heterocycles. The summed E-state index contributed by atoms with van der Waals surface area (Å²) in [5.74, 6) is 0.229. The summed E-state index contributed by atoms with van der Waals surface area (Å²) < 4.78 is 11.2. The number of imidazole rings is 1. The fourth-order valence-corrected chi connectivity index (χ4v) is 1.97. The third-order valence-corrected chi connectivity index (χ3v) is 2.79. The Bertz CT molecular complexity index is 553. The molecule has 7 nitrogen and oxygen atoms in total. The largest absolute Gasteiger partial charge is 0.365 e. The van der Waals surface area contributed by atoms with Gasteiger partial charge < -0.3 is 19.8 Å². The molecule has 18 heavy (non-hydrogen) atoms. The van der Waals surface area contributed by atoms with E-state index in [9.17, 15) is 0 Å². The van der Waals surface area contributed by atoms with Crippen molar-refractivity contribution in [2.75, 3.05) is 18.5 Å². The lowest BCUT2D eigenvalue weighted by Gasteiger charge is -2.17. The molecule has 0 bridgehead atoms. The van der Waals surface area contributed by atoms with Crippen LogP contribution in [-0.2, 0) is 9.47 Å². The molecule has 0 amide bonds. The second-order valence-electron chi connectivity index (χ2n) is 4.66. The fraction of sp³-hybridized carbons (Fsp3) is 0.545. The van der Waals surface area contributed by atoms with E-state index in [1.54, 1.807) is 6.33 Å².